The normalized spacial score (nSPS) is 17.7. The predicted molar refractivity (Wildman–Crippen MR) is 133 cm³/mol. The molecule has 1 aliphatic heterocycles. The number of hydrogen-bond acceptors (Lipinski definition) is 5. The molecule has 0 radical (unpaired) electrons. The van der Waals surface area contributed by atoms with Gasteiger partial charge in [-0.1, -0.05) is 34.1 Å². The summed E-state index contributed by atoms with van der Waals surface area (Å²) in [5.41, 5.74) is 2.38. The molecule has 9 heteroatoms. The first-order chi connectivity index (χ1) is 16.0. The van der Waals surface area contributed by atoms with Crippen LogP contribution >= 0.6 is 28.1 Å². The summed E-state index contributed by atoms with van der Waals surface area (Å²) in [6, 6.07) is 23.2. The van der Waals surface area contributed by atoms with Gasteiger partial charge in [-0.15, -0.1) is 0 Å². The van der Waals surface area contributed by atoms with E-state index in [2.05, 4.69) is 26.2 Å². The first-order valence-corrected chi connectivity index (χ1v) is 11.3. The highest BCUT2D eigenvalue weighted by Crippen LogP contribution is 2.43. The van der Waals surface area contributed by atoms with Crippen LogP contribution in [-0.4, -0.2) is 15.0 Å². The van der Waals surface area contributed by atoms with Gasteiger partial charge < -0.3 is 14.6 Å². The molecule has 1 aliphatic rings. The lowest BCUT2D eigenvalue weighted by Gasteiger charge is -2.26. The van der Waals surface area contributed by atoms with Crippen LogP contribution in [0.2, 0.25) is 0 Å². The molecule has 2 aromatic carbocycles. The maximum Gasteiger partial charge on any atom is 0.270 e. The van der Waals surface area contributed by atoms with Gasteiger partial charge in [0.05, 0.1) is 16.7 Å². The van der Waals surface area contributed by atoms with Crippen molar-refractivity contribution in [3.8, 4) is 11.3 Å². The average Bonchev–Trinajstić information content (AvgIpc) is 3.45. The summed E-state index contributed by atoms with van der Waals surface area (Å²) in [6.07, 6.45) is 1.75. The third kappa shape index (κ3) is 4.12. The molecule has 33 heavy (non-hydrogen) atoms. The van der Waals surface area contributed by atoms with Crippen LogP contribution in [0.5, 0.6) is 0 Å². The van der Waals surface area contributed by atoms with Crippen LogP contribution in [0, 0.1) is 10.1 Å². The molecule has 0 bridgehead atoms. The Morgan fingerprint density at radius 3 is 2.61 bits per heavy atom. The molecule has 2 aromatic heterocycles. The van der Waals surface area contributed by atoms with E-state index >= 15 is 0 Å². The number of halogens is 1. The fourth-order valence-corrected chi connectivity index (χ4v) is 4.57. The molecular weight excluding hydrogens is 504 g/mol. The SMILES string of the molecule is O=[N+]([O-])c1cccc(-c2ccc([C@@H]3[C@@H](c4ccccn4)NC(=S)N3c3ccc(Br)cc3)o2)c1. The second-order valence-corrected chi connectivity index (χ2v) is 8.78. The molecule has 0 amide bonds. The largest absolute Gasteiger partial charge is 0.459 e. The highest BCUT2D eigenvalue weighted by atomic mass is 79.9. The van der Waals surface area contributed by atoms with E-state index in [0.717, 1.165) is 15.9 Å². The summed E-state index contributed by atoms with van der Waals surface area (Å²) in [6.45, 7) is 0. The molecule has 7 nitrogen and oxygen atoms in total. The van der Waals surface area contributed by atoms with E-state index < -0.39 is 4.92 Å². The first kappa shape index (κ1) is 21.3. The van der Waals surface area contributed by atoms with Crippen molar-refractivity contribution >= 4 is 44.6 Å². The number of furan rings is 1. The van der Waals surface area contributed by atoms with Crippen LogP contribution in [0.15, 0.2) is 93.9 Å². The van der Waals surface area contributed by atoms with Crippen LogP contribution < -0.4 is 10.2 Å². The van der Waals surface area contributed by atoms with Gasteiger partial charge in [-0.3, -0.25) is 15.1 Å². The van der Waals surface area contributed by atoms with Gasteiger partial charge >= 0.3 is 0 Å². The van der Waals surface area contributed by atoms with Crippen LogP contribution in [-0.2, 0) is 0 Å². The summed E-state index contributed by atoms with van der Waals surface area (Å²) in [7, 11) is 0. The Balaban J connectivity index is 1.58. The minimum absolute atomic E-state index is 0.0111. The summed E-state index contributed by atoms with van der Waals surface area (Å²) >= 11 is 9.19. The summed E-state index contributed by atoms with van der Waals surface area (Å²) < 4.78 is 7.23. The zero-order valence-corrected chi connectivity index (χ0v) is 19.5. The van der Waals surface area contributed by atoms with Crippen molar-refractivity contribution in [1.29, 1.82) is 0 Å². The smallest absolute Gasteiger partial charge is 0.270 e. The van der Waals surface area contributed by atoms with Crippen molar-refractivity contribution in [3.63, 3.8) is 0 Å². The maximum atomic E-state index is 11.2. The van der Waals surface area contributed by atoms with Crippen LogP contribution in [0.4, 0.5) is 11.4 Å². The Labute approximate surface area is 203 Å². The van der Waals surface area contributed by atoms with Gasteiger partial charge in [-0.2, -0.15) is 0 Å². The number of nitrogens with zero attached hydrogens (tertiary/aromatic N) is 3. The van der Waals surface area contributed by atoms with Gasteiger partial charge in [0.1, 0.15) is 17.6 Å². The molecule has 1 N–H and O–H groups in total. The zero-order valence-electron chi connectivity index (χ0n) is 17.1. The Morgan fingerprint density at radius 1 is 1.06 bits per heavy atom. The molecule has 5 rings (SSSR count). The Bertz CT molecular complexity index is 1330. The first-order valence-electron chi connectivity index (χ1n) is 10.1. The van der Waals surface area contributed by atoms with Crippen molar-refractivity contribution < 1.29 is 9.34 Å². The van der Waals surface area contributed by atoms with Gasteiger partial charge in [-0.25, -0.2) is 0 Å². The average molecular weight is 521 g/mol. The molecule has 3 heterocycles. The Kier molecular flexibility index (Phi) is 5.65. The fraction of sp³-hybridized carbons (Fsp3) is 0.0833. The quantitative estimate of drug-likeness (QED) is 0.191. The van der Waals surface area contributed by atoms with Crippen molar-refractivity contribution in [3.05, 3.63) is 111 Å². The van der Waals surface area contributed by atoms with E-state index in [1.54, 1.807) is 18.3 Å². The number of anilines is 1. The van der Waals surface area contributed by atoms with Crippen molar-refractivity contribution in [2.24, 2.45) is 0 Å². The number of rotatable bonds is 5. The molecule has 1 fully saturated rings. The third-order valence-electron chi connectivity index (χ3n) is 5.46. The lowest BCUT2D eigenvalue weighted by atomic mass is 10.0. The number of benzene rings is 2. The van der Waals surface area contributed by atoms with Crippen molar-refractivity contribution in [1.82, 2.24) is 10.3 Å². The van der Waals surface area contributed by atoms with E-state index in [4.69, 9.17) is 16.6 Å². The maximum absolute atomic E-state index is 11.2. The number of thiocarbonyl (C=S) groups is 1. The van der Waals surface area contributed by atoms with Crippen LogP contribution in [0.3, 0.4) is 0 Å². The zero-order chi connectivity index (χ0) is 22.9. The highest BCUT2D eigenvalue weighted by Gasteiger charge is 2.42. The topological polar surface area (TPSA) is 84.4 Å². The molecule has 1 saturated heterocycles. The van der Waals surface area contributed by atoms with E-state index in [1.807, 2.05) is 59.5 Å². The summed E-state index contributed by atoms with van der Waals surface area (Å²) in [5, 5.41) is 15.1. The minimum atomic E-state index is -0.418. The predicted octanol–water partition coefficient (Wildman–Crippen LogP) is 6.19. The van der Waals surface area contributed by atoms with Gasteiger partial charge in [0.2, 0.25) is 0 Å². The van der Waals surface area contributed by atoms with Crippen molar-refractivity contribution in [2.75, 3.05) is 4.90 Å². The summed E-state index contributed by atoms with van der Waals surface area (Å²) in [5.74, 6) is 1.21. The lowest BCUT2D eigenvalue weighted by Crippen LogP contribution is -2.29. The van der Waals surface area contributed by atoms with Crippen LogP contribution in [0.25, 0.3) is 11.3 Å². The number of non-ortho nitro benzene ring substituents is 1. The number of nitro groups is 1. The van der Waals surface area contributed by atoms with Crippen molar-refractivity contribution in [2.45, 2.75) is 12.1 Å². The van der Waals surface area contributed by atoms with E-state index in [1.165, 1.54) is 12.1 Å². The number of hydrogen-bond donors (Lipinski definition) is 1. The number of nitrogens with one attached hydrogen (secondary N) is 1. The van der Waals surface area contributed by atoms with Crippen LogP contribution in [0.1, 0.15) is 23.5 Å². The Hall–Kier alpha value is -3.56. The van der Waals surface area contributed by atoms with E-state index in [0.29, 0.717) is 22.2 Å². The molecule has 0 aliphatic carbocycles. The number of aromatic nitrogens is 1. The van der Waals surface area contributed by atoms with Gasteiger partial charge in [0, 0.05) is 34.1 Å². The monoisotopic (exact) mass is 520 g/mol. The molecule has 2 atom stereocenters. The van der Waals surface area contributed by atoms with Gasteiger partial charge in [0.25, 0.3) is 5.69 Å². The Morgan fingerprint density at radius 2 is 1.88 bits per heavy atom. The number of pyridine rings is 1. The third-order valence-corrected chi connectivity index (χ3v) is 6.31. The minimum Gasteiger partial charge on any atom is -0.459 e. The highest BCUT2D eigenvalue weighted by molar-refractivity contribution is 9.10. The molecule has 4 aromatic rings. The van der Waals surface area contributed by atoms with Gasteiger partial charge in [0.15, 0.2) is 5.11 Å². The second-order valence-electron chi connectivity index (χ2n) is 7.48. The standard InChI is InChI=1S/C24H17BrN4O3S/c25-16-7-9-17(10-8-16)28-23(22(27-24(28)33)19-6-1-2-13-26-19)21-12-11-20(32-21)15-4-3-5-18(14-15)29(30)31/h1-14,22-23H,(H,27,33)/t22-,23-/m1/s1. The summed E-state index contributed by atoms with van der Waals surface area (Å²) in [4.78, 5) is 17.3. The number of nitro benzene ring substituents is 1. The molecule has 0 spiro atoms. The lowest BCUT2D eigenvalue weighted by molar-refractivity contribution is -0.384. The van der Waals surface area contributed by atoms with E-state index in [-0.39, 0.29) is 17.8 Å². The molecule has 164 valence electrons. The van der Waals surface area contributed by atoms with Gasteiger partial charge in [-0.05, 0) is 60.7 Å². The second kappa shape index (κ2) is 8.76. The molecule has 0 saturated carbocycles. The fourth-order valence-electron chi connectivity index (χ4n) is 3.96. The molecular formula is C24H17BrN4O3S. The molecule has 0 unspecified atom stereocenters. The van der Waals surface area contributed by atoms with E-state index in [9.17, 15) is 10.1 Å².